The minimum atomic E-state index is -4.45. The average Bonchev–Trinajstić information content (AvgIpc) is 3.18. The van der Waals surface area contributed by atoms with Gasteiger partial charge in [-0.15, -0.1) is 0 Å². The fourth-order valence-corrected chi connectivity index (χ4v) is 4.26. The molecule has 0 saturated carbocycles. The number of halogens is 3. The molecule has 2 aliphatic heterocycles. The van der Waals surface area contributed by atoms with Crippen LogP contribution in [0.25, 0.3) is 11.0 Å². The molecule has 3 aromatic rings. The third kappa shape index (κ3) is 4.04. The zero-order valence-electron chi connectivity index (χ0n) is 17.4. The Kier molecular flexibility index (Phi) is 5.07. The van der Waals surface area contributed by atoms with Gasteiger partial charge in [0.05, 0.1) is 12.6 Å². The molecular weight excluding hydrogens is 435 g/mol. The van der Waals surface area contributed by atoms with E-state index in [2.05, 4.69) is 15.2 Å². The molecule has 5 rings (SSSR count). The number of aromatic nitrogens is 3. The highest BCUT2D eigenvalue weighted by molar-refractivity contribution is 5.76. The summed E-state index contributed by atoms with van der Waals surface area (Å²) in [7, 11) is 0. The van der Waals surface area contributed by atoms with Crippen LogP contribution in [0.1, 0.15) is 17.3 Å². The molecule has 0 amide bonds. The summed E-state index contributed by atoms with van der Waals surface area (Å²) in [5.41, 5.74) is 0.975. The first-order valence-corrected chi connectivity index (χ1v) is 10.4. The summed E-state index contributed by atoms with van der Waals surface area (Å²) in [6, 6.07) is 8.73. The lowest BCUT2D eigenvalue weighted by atomic mass is 10.2. The number of pyridine rings is 3. The fourth-order valence-electron chi connectivity index (χ4n) is 4.26. The molecule has 0 aromatic carbocycles. The van der Waals surface area contributed by atoms with Gasteiger partial charge in [-0.3, -0.25) is 23.7 Å². The van der Waals surface area contributed by atoms with Crippen LogP contribution in [0.4, 0.5) is 13.2 Å². The average molecular weight is 455 g/mol. The Morgan fingerprint density at radius 2 is 1.85 bits per heavy atom. The second kappa shape index (κ2) is 7.95. The molecule has 1 N–H and O–H groups in total. The zero-order valence-corrected chi connectivity index (χ0v) is 17.4. The predicted molar refractivity (Wildman–Crippen MR) is 116 cm³/mol. The van der Waals surface area contributed by atoms with Crippen LogP contribution in [-0.4, -0.2) is 32.1 Å². The van der Waals surface area contributed by atoms with Crippen LogP contribution in [0.5, 0.6) is 0 Å². The number of nitrogens with zero attached hydrogens (tertiary/aromatic N) is 4. The van der Waals surface area contributed by atoms with E-state index in [9.17, 15) is 22.8 Å². The maximum Gasteiger partial charge on any atom is 0.433 e. The lowest BCUT2D eigenvalue weighted by molar-refractivity contribution is -0.141. The largest absolute Gasteiger partial charge is 0.433 e. The second-order valence-electron chi connectivity index (χ2n) is 8.09. The van der Waals surface area contributed by atoms with Crippen molar-refractivity contribution in [3.63, 3.8) is 0 Å². The highest BCUT2D eigenvalue weighted by Gasteiger charge is 2.32. The van der Waals surface area contributed by atoms with Crippen LogP contribution in [0.15, 0.2) is 76.2 Å². The zero-order chi connectivity index (χ0) is 23.2. The molecule has 3 aromatic heterocycles. The molecule has 0 spiro atoms. The van der Waals surface area contributed by atoms with Crippen molar-refractivity contribution in [2.24, 2.45) is 0 Å². The topological polar surface area (TPSA) is 72.2 Å². The predicted octanol–water partition coefficient (Wildman–Crippen LogP) is 2.63. The standard InChI is InChI=1S/C23H20F3N5O2/c24-23(25,26)19-4-1-15(12-28-19)11-27-17-7-9-29(10-8-17)13-18-14-30-20(32)5-2-16-3-6-21(33)31(18)22(16)30/h1-9,12,18,27H,10-11,13-14H2/t18-/m1/s1. The van der Waals surface area contributed by atoms with Crippen molar-refractivity contribution >= 4 is 11.0 Å². The highest BCUT2D eigenvalue weighted by atomic mass is 19.4. The molecule has 2 aliphatic rings. The van der Waals surface area contributed by atoms with Crippen molar-refractivity contribution in [3.8, 4) is 0 Å². The summed E-state index contributed by atoms with van der Waals surface area (Å²) < 4.78 is 41.2. The molecule has 10 heteroatoms. The van der Waals surface area contributed by atoms with Crippen LogP contribution in [-0.2, 0) is 19.3 Å². The lowest BCUT2D eigenvalue weighted by Crippen LogP contribution is -2.33. The first-order valence-electron chi connectivity index (χ1n) is 10.4. The Labute approximate surface area is 186 Å². The van der Waals surface area contributed by atoms with Crippen LogP contribution < -0.4 is 16.4 Å². The summed E-state index contributed by atoms with van der Waals surface area (Å²) in [6.07, 6.45) is 2.51. The quantitative estimate of drug-likeness (QED) is 0.641. The van der Waals surface area contributed by atoms with Gasteiger partial charge in [-0.2, -0.15) is 13.2 Å². The molecular formula is C23H20F3N5O2. The number of hydrogen-bond acceptors (Lipinski definition) is 5. The van der Waals surface area contributed by atoms with E-state index in [0.717, 1.165) is 17.1 Å². The van der Waals surface area contributed by atoms with E-state index in [0.29, 0.717) is 37.4 Å². The Hall–Kier alpha value is -3.82. The van der Waals surface area contributed by atoms with Gasteiger partial charge in [0.1, 0.15) is 11.3 Å². The first-order chi connectivity index (χ1) is 15.8. The summed E-state index contributed by atoms with van der Waals surface area (Å²) in [5, 5.41) is 4.04. The van der Waals surface area contributed by atoms with E-state index < -0.39 is 11.9 Å². The summed E-state index contributed by atoms with van der Waals surface area (Å²) in [5.74, 6) is 0. The van der Waals surface area contributed by atoms with Gasteiger partial charge in [0.2, 0.25) is 0 Å². The van der Waals surface area contributed by atoms with Crippen molar-refractivity contribution in [2.75, 3.05) is 13.1 Å². The minimum absolute atomic E-state index is 0.123. The van der Waals surface area contributed by atoms with Gasteiger partial charge in [0.25, 0.3) is 11.1 Å². The van der Waals surface area contributed by atoms with Crippen molar-refractivity contribution in [1.29, 1.82) is 0 Å². The van der Waals surface area contributed by atoms with Crippen molar-refractivity contribution < 1.29 is 13.2 Å². The number of nitrogens with one attached hydrogen (secondary N) is 1. The molecule has 0 radical (unpaired) electrons. The molecule has 1 atom stereocenters. The van der Waals surface area contributed by atoms with Gasteiger partial charge in [-0.05, 0) is 35.9 Å². The lowest BCUT2D eigenvalue weighted by Gasteiger charge is -2.26. The maximum absolute atomic E-state index is 12.6. The summed E-state index contributed by atoms with van der Waals surface area (Å²) in [4.78, 5) is 30.3. The molecule has 0 bridgehead atoms. The number of hydrogen-bond donors (Lipinski definition) is 1. The SMILES string of the molecule is O=c1ccc2ccc(=O)n3c2n1C[C@H]3CN1C=CC(NCc2ccc(C(F)(F)F)nc2)=CC1. The third-order valence-corrected chi connectivity index (χ3v) is 5.88. The Bertz CT molecular complexity index is 1380. The monoisotopic (exact) mass is 455 g/mol. The van der Waals surface area contributed by atoms with Gasteiger partial charge < -0.3 is 10.2 Å². The second-order valence-corrected chi connectivity index (χ2v) is 8.09. The van der Waals surface area contributed by atoms with Crippen molar-refractivity contribution in [3.05, 3.63) is 98.6 Å². The van der Waals surface area contributed by atoms with Gasteiger partial charge >= 0.3 is 6.18 Å². The van der Waals surface area contributed by atoms with Crippen molar-refractivity contribution in [1.82, 2.24) is 24.3 Å². The summed E-state index contributed by atoms with van der Waals surface area (Å²) in [6.45, 7) is 1.94. The number of alkyl halides is 3. The maximum atomic E-state index is 12.6. The molecule has 170 valence electrons. The highest BCUT2D eigenvalue weighted by Crippen LogP contribution is 2.27. The Balaban J connectivity index is 1.22. The van der Waals surface area contributed by atoms with Crippen LogP contribution in [0.3, 0.4) is 0 Å². The molecule has 0 aliphatic carbocycles. The van der Waals surface area contributed by atoms with Gasteiger partial charge in [-0.25, -0.2) is 0 Å². The molecule has 0 saturated heterocycles. The smallest absolute Gasteiger partial charge is 0.381 e. The van der Waals surface area contributed by atoms with E-state index >= 15 is 0 Å². The normalized spacial score (nSPS) is 17.5. The number of allylic oxidation sites excluding steroid dienone is 1. The van der Waals surface area contributed by atoms with E-state index in [-0.39, 0.29) is 17.2 Å². The van der Waals surface area contributed by atoms with E-state index in [1.165, 1.54) is 24.4 Å². The molecule has 0 fully saturated rings. The molecule has 33 heavy (non-hydrogen) atoms. The fraction of sp³-hybridized carbons (Fsp3) is 0.261. The Morgan fingerprint density at radius 3 is 2.52 bits per heavy atom. The van der Waals surface area contributed by atoms with Crippen LogP contribution in [0, 0.1) is 0 Å². The summed E-state index contributed by atoms with van der Waals surface area (Å²) >= 11 is 0. The Morgan fingerprint density at radius 1 is 1.06 bits per heavy atom. The number of rotatable bonds is 5. The minimum Gasteiger partial charge on any atom is -0.381 e. The first kappa shape index (κ1) is 21.0. The van der Waals surface area contributed by atoms with E-state index in [4.69, 9.17) is 0 Å². The molecule has 5 heterocycles. The van der Waals surface area contributed by atoms with Gasteiger partial charge in [-0.1, -0.05) is 6.07 Å². The van der Waals surface area contributed by atoms with Crippen molar-refractivity contribution in [2.45, 2.75) is 25.3 Å². The van der Waals surface area contributed by atoms with Crippen LogP contribution >= 0.6 is 0 Å². The van der Waals surface area contributed by atoms with Gasteiger partial charge in [0.15, 0.2) is 0 Å². The third-order valence-electron chi connectivity index (χ3n) is 5.88. The van der Waals surface area contributed by atoms with Gasteiger partial charge in [0, 0.05) is 55.2 Å². The van der Waals surface area contributed by atoms with E-state index in [1.54, 1.807) is 21.3 Å². The molecule has 7 nitrogen and oxygen atoms in total. The van der Waals surface area contributed by atoms with E-state index in [1.807, 2.05) is 18.4 Å². The van der Waals surface area contributed by atoms with Crippen LogP contribution in [0.2, 0.25) is 0 Å². The molecule has 0 unspecified atom stereocenters.